The first-order valence-corrected chi connectivity index (χ1v) is 4.27. The van der Waals surface area contributed by atoms with Gasteiger partial charge in [0.2, 0.25) is 0 Å². The van der Waals surface area contributed by atoms with Gasteiger partial charge in [-0.1, -0.05) is 0 Å². The van der Waals surface area contributed by atoms with Gasteiger partial charge in [0.15, 0.2) is 11.6 Å². The number of benzene rings is 1. The van der Waals surface area contributed by atoms with Crippen molar-refractivity contribution in [3.05, 3.63) is 35.4 Å². The number of H-pyrrole nitrogens is 1. The monoisotopic (exact) mass is 243 g/mol. The molecule has 9 heteroatoms. The molecule has 0 spiro atoms. The molecule has 1 aromatic carbocycles. The molecule has 1 heterocycles. The van der Waals surface area contributed by atoms with Gasteiger partial charge in [-0.3, -0.25) is 4.79 Å². The Morgan fingerprint density at radius 2 is 2.06 bits per heavy atom. The highest BCUT2D eigenvalue weighted by Crippen LogP contribution is 2.19. The second kappa shape index (κ2) is 4.20. The van der Waals surface area contributed by atoms with E-state index < -0.39 is 29.0 Å². The molecule has 6 nitrogen and oxygen atoms in total. The Bertz CT molecular complexity index is 557. The van der Waals surface area contributed by atoms with Crippen LogP contribution in [0.25, 0.3) is 0 Å². The van der Waals surface area contributed by atoms with Crippen molar-refractivity contribution in [3.63, 3.8) is 0 Å². The third-order valence-electron chi connectivity index (χ3n) is 1.79. The van der Waals surface area contributed by atoms with Crippen LogP contribution in [0.1, 0.15) is 10.6 Å². The van der Waals surface area contributed by atoms with E-state index in [9.17, 15) is 18.0 Å². The number of amides is 1. The van der Waals surface area contributed by atoms with Crippen LogP contribution in [0, 0.1) is 17.5 Å². The van der Waals surface area contributed by atoms with Crippen LogP contribution in [0.2, 0.25) is 0 Å². The van der Waals surface area contributed by atoms with Gasteiger partial charge in [-0.2, -0.15) is 5.21 Å². The van der Waals surface area contributed by atoms with Crippen LogP contribution in [0.5, 0.6) is 0 Å². The number of halogens is 3. The van der Waals surface area contributed by atoms with E-state index in [-0.39, 0.29) is 5.82 Å². The van der Waals surface area contributed by atoms with Gasteiger partial charge in [0, 0.05) is 12.1 Å². The van der Waals surface area contributed by atoms with Crippen LogP contribution < -0.4 is 5.32 Å². The van der Waals surface area contributed by atoms with Crippen LogP contribution in [0.15, 0.2) is 12.1 Å². The highest BCUT2D eigenvalue weighted by atomic mass is 19.2. The van der Waals surface area contributed by atoms with Gasteiger partial charge >= 0.3 is 0 Å². The van der Waals surface area contributed by atoms with Crippen molar-refractivity contribution in [2.24, 2.45) is 0 Å². The predicted molar refractivity (Wildman–Crippen MR) is 48.4 cm³/mol. The van der Waals surface area contributed by atoms with Crippen LogP contribution in [-0.2, 0) is 0 Å². The third-order valence-corrected chi connectivity index (χ3v) is 1.79. The summed E-state index contributed by atoms with van der Waals surface area (Å²) in [5.74, 6) is -5.12. The summed E-state index contributed by atoms with van der Waals surface area (Å²) in [6.45, 7) is 0. The predicted octanol–water partition coefficient (Wildman–Crippen LogP) is 0.869. The molecule has 0 radical (unpaired) electrons. The number of rotatable bonds is 2. The molecule has 0 aliphatic rings. The van der Waals surface area contributed by atoms with Gasteiger partial charge in [0.05, 0.1) is 5.69 Å². The standard InChI is InChI=1S/C8H4F3N5O/c9-3-1-4(10)6(11)5(2-3)12-8(17)7-13-15-16-14-7/h1-2H,(H,12,17)(H,13,14,15,16). The summed E-state index contributed by atoms with van der Waals surface area (Å²) in [7, 11) is 0. The first-order chi connectivity index (χ1) is 8.08. The number of carbonyl (C=O) groups is 1. The fourth-order valence-electron chi connectivity index (χ4n) is 1.08. The van der Waals surface area contributed by atoms with Crippen molar-refractivity contribution >= 4 is 11.6 Å². The highest BCUT2D eigenvalue weighted by Gasteiger charge is 2.16. The molecular formula is C8H4F3N5O. The van der Waals surface area contributed by atoms with Gasteiger partial charge < -0.3 is 5.32 Å². The smallest absolute Gasteiger partial charge is 0.297 e. The maximum absolute atomic E-state index is 13.2. The number of hydrogen-bond acceptors (Lipinski definition) is 4. The van der Waals surface area contributed by atoms with Crippen LogP contribution >= 0.6 is 0 Å². The lowest BCUT2D eigenvalue weighted by Crippen LogP contribution is -2.15. The van der Waals surface area contributed by atoms with E-state index in [1.807, 2.05) is 10.5 Å². The van der Waals surface area contributed by atoms with Gasteiger partial charge in [0.25, 0.3) is 11.7 Å². The van der Waals surface area contributed by atoms with Crippen LogP contribution in [-0.4, -0.2) is 26.5 Å². The van der Waals surface area contributed by atoms with Crippen molar-refractivity contribution < 1.29 is 18.0 Å². The summed E-state index contributed by atoms with van der Waals surface area (Å²) in [4.78, 5) is 11.3. The van der Waals surface area contributed by atoms with Crippen molar-refractivity contribution in [3.8, 4) is 0 Å². The molecule has 0 saturated heterocycles. The molecule has 88 valence electrons. The molecule has 0 unspecified atom stereocenters. The first kappa shape index (κ1) is 11.0. The fourth-order valence-corrected chi connectivity index (χ4v) is 1.08. The maximum Gasteiger partial charge on any atom is 0.297 e. The van der Waals surface area contributed by atoms with Crippen molar-refractivity contribution in [2.45, 2.75) is 0 Å². The van der Waals surface area contributed by atoms with Gasteiger partial charge in [-0.25, -0.2) is 13.2 Å². The minimum atomic E-state index is -1.41. The number of hydrogen-bond donors (Lipinski definition) is 2. The van der Waals surface area contributed by atoms with E-state index in [1.165, 1.54) is 0 Å². The number of tetrazole rings is 1. The van der Waals surface area contributed by atoms with Crippen LogP contribution in [0.3, 0.4) is 0 Å². The van der Waals surface area contributed by atoms with Crippen molar-refractivity contribution in [2.75, 3.05) is 5.32 Å². The number of nitrogens with zero attached hydrogens (tertiary/aromatic N) is 3. The maximum atomic E-state index is 13.2. The lowest BCUT2D eigenvalue weighted by atomic mass is 10.2. The van der Waals surface area contributed by atoms with E-state index >= 15 is 0 Å². The topological polar surface area (TPSA) is 83.6 Å². The minimum absolute atomic E-state index is 0.360. The molecule has 1 aromatic heterocycles. The Morgan fingerprint density at radius 1 is 1.29 bits per heavy atom. The summed E-state index contributed by atoms with van der Waals surface area (Å²) in [6.07, 6.45) is 0. The molecule has 2 N–H and O–H groups in total. The van der Waals surface area contributed by atoms with Gasteiger partial charge in [-0.05, 0) is 5.21 Å². The van der Waals surface area contributed by atoms with E-state index in [4.69, 9.17) is 0 Å². The molecule has 0 aliphatic carbocycles. The largest absolute Gasteiger partial charge is 0.316 e. The number of anilines is 1. The number of aromatic amines is 1. The Kier molecular flexibility index (Phi) is 2.73. The molecule has 2 rings (SSSR count). The lowest BCUT2D eigenvalue weighted by Gasteiger charge is -2.04. The summed E-state index contributed by atoms with van der Waals surface area (Å²) < 4.78 is 38.8. The first-order valence-electron chi connectivity index (χ1n) is 4.27. The second-order valence-electron chi connectivity index (χ2n) is 2.94. The Morgan fingerprint density at radius 3 is 2.71 bits per heavy atom. The Labute approximate surface area is 91.8 Å². The molecule has 17 heavy (non-hydrogen) atoms. The second-order valence-corrected chi connectivity index (χ2v) is 2.94. The molecule has 0 saturated carbocycles. The quantitative estimate of drug-likeness (QED) is 0.766. The van der Waals surface area contributed by atoms with E-state index in [0.717, 1.165) is 0 Å². The summed E-state index contributed by atoms with van der Waals surface area (Å²) in [5, 5.41) is 13.7. The zero-order chi connectivity index (χ0) is 12.4. The fraction of sp³-hybridized carbons (Fsp3) is 0. The summed E-state index contributed by atoms with van der Waals surface area (Å²) >= 11 is 0. The average Bonchev–Trinajstić information content (AvgIpc) is 2.78. The summed E-state index contributed by atoms with van der Waals surface area (Å²) in [5.41, 5.74) is -0.641. The SMILES string of the molecule is O=C(Nc1cc(F)cc(F)c1F)c1nn[nH]n1. The highest BCUT2D eigenvalue weighted by molar-refractivity contribution is 6.01. The third kappa shape index (κ3) is 2.22. The molecule has 0 aliphatic heterocycles. The lowest BCUT2D eigenvalue weighted by molar-refractivity contribution is 0.101. The van der Waals surface area contributed by atoms with Crippen LogP contribution in [0.4, 0.5) is 18.9 Å². The Balaban J connectivity index is 2.28. The Hall–Kier alpha value is -2.45. The normalized spacial score (nSPS) is 10.3. The molecule has 0 atom stereocenters. The zero-order valence-corrected chi connectivity index (χ0v) is 8.04. The van der Waals surface area contributed by atoms with E-state index in [0.29, 0.717) is 12.1 Å². The molecule has 2 aromatic rings. The van der Waals surface area contributed by atoms with Crippen molar-refractivity contribution in [1.82, 2.24) is 20.6 Å². The average molecular weight is 243 g/mol. The minimum Gasteiger partial charge on any atom is -0.316 e. The number of carbonyl (C=O) groups excluding carboxylic acids is 1. The molecular weight excluding hydrogens is 239 g/mol. The van der Waals surface area contributed by atoms with Gasteiger partial charge in [0.1, 0.15) is 5.82 Å². The van der Waals surface area contributed by atoms with Crippen molar-refractivity contribution in [1.29, 1.82) is 0 Å². The van der Waals surface area contributed by atoms with Gasteiger partial charge in [-0.15, -0.1) is 10.2 Å². The van der Waals surface area contributed by atoms with E-state index in [1.54, 1.807) is 0 Å². The number of aromatic nitrogens is 4. The number of nitrogens with one attached hydrogen (secondary N) is 2. The molecule has 1 amide bonds. The van der Waals surface area contributed by atoms with E-state index in [2.05, 4.69) is 15.4 Å². The zero-order valence-electron chi connectivity index (χ0n) is 8.04. The molecule has 0 fully saturated rings. The summed E-state index contributed by atoms with van der Waals surface area (Å²) in [6, 6.07) is 0.996. The molecule has 0 bridgehead atoms.